The topological polar surface area (TPSA) is 139 Å². The zero-order valence-electron chi connectivity index (χ0n) is 7.13. The van der Waals surface area contributed by atoms with Gasteiger partial charge in [-0.2, -0.15) is 0 Å². The normalized spacial score (nSPS) is 43.0. The molecule has 1 aliphatic rings. The van der Waals surface area contributed by atoms with Crippen molar-refractivity contribution in [2.45, 2.75) is 30.6 Å². The minimum atomic E-state index is -1.53. The predicted molar refractivity (Wildman–Crippen MR) is 42.9 cm³/mol. The van der Waals surface area contributed by atoms with Crippen molar-refractivity contribution in [3.8, 4) is 0 Å². The van der Waals surface area contributed by atoms with E-state index >= 15 is 0 Å². The number of aliphatic hydroxyl groups is 4. The van der Waals surface area contributed by atoms with E-state index in [1.54, 1.807) is 0 Å². The van der Waals surface area contributed by atoms with Gasteiger partial charge in [0, 0.05) is 4.91 Å². The summed E-state index contributed by atoms with van der Waals surface area (Å²) in [4.78, 5) is 2.40. The van der Waals surface area contributed by atoms with E-state index in [0.29, 0.717) is 0 Å². The Morgan fingerprint density at radius 1 is 1.29 bits per heavy atom. The molecule has 1 rings (SSSR count). The van der Waals surface area contributed by atoms with Crippen LogP contribution in [-0.4, -0.2) is 57.7 Å². The van der Waals surface area contributed by atoms with Gasteiger partial charge < -0.3 is 25.2 Å². The van der Waals surface area contributed by atoms with Gasteiger partial charge in [0.05, 0.1) is 12.7 Å². The van der Waals surface area contributed by atoms with E-state index in [4.69, 9.17) is 15.4 Å². The highest BCUT2D eigenvalue weighted by molar-refractivity contribution is 4.92. The maximum Gasteiger partial charge on any atom is 0.166 e. The Balaban J connectivity index is 2.78. The average Bonchev–Trinajstić information content (AvgIpc) is 2.18. The molecule has 8 heteroatoms. The van der Waals surface area contributed by atoms with E-state index in [0.717, 1.165) is 0 Å². The lowest BCUT2D eigenvalue weighted by Gasteiger charge is -2.37. The molecule has 3 unspecified atom stereocenters. The van der Waals surface area contributed by atoms with Crippen LogP contribution in [0, 0.1) is 0 Å². The van der Waals surface area contributed by atoms with Crippen LogP contribution in [0.1, 0.15) is 0 Å². The van der Waals surface area contributed by atoms with Crippen molar-refractivity contribution >= 4 is 0 Å². The molecule has 0 aromatic rings. The Morgan fingerprint density at radius 3 is 2.43 bits per heavy atom. The first-order chi connectivity index (χ1) is 6.61. The smallest absolute Gasteiger partial charge is 0.166 e. The van der Waals surface area contributed by atoms with Crippen LogP contribution in [-0.2, 0) is 4.74 Å². The highest BCUT2D eigenvalue weighted by Crippen LogP contribution is 2.21. The van der Waals surface area contributed by atoms with Gasteiger partial charge in [0.25, 0.3) is 0 Å². The van der Waals surface area contributed by atoms with E-state index in [2.05, 4.69) is 10.0 Å². The van der Waals surface area contributed by atoms with Gasteiger partial charge in [-0.15, -0.1) is 0 Å². The lowest BCUT2D eigenvalue weighted by atomic mass is 9.98. The van der Waals surface area contributed by atoms with Crippen LogP contribution in [0.25, 0.3) is 10.4 Å². The molecular formula is C6H11N3O5. The number of aliphatic hydroxyl groups excluding tert-OH is 4. The summed E-state index contributed by atoms with van der Waals surface area (Å²) in [5.41, 5.74) is 8.11. The number of azide groups is 1. The molecular weight excluding hydrogens is 194 g/mol. The van der Waals surface area contributed by atoms with Crippen LogP contribution in [0.4, 0.5) is 0 Å². The van der Waals surface area contributed by atoms with E-state index in [-0.39, 0.29) is 0 Å². The summed E-state index contributed by atoms with van der Waals surface area (Å²) in [5, 5.41) is 39.7. The van der Waals surface area contributed by atoms with Crippen LogP contribution in [0.2, 0.25) is 0 Å². The first-order valence-electron chi connectivity index (χ1n) is 3.96. The largest absolute Gasteiger partial charge is 0.394 e. The summed E-state index contributed by atoms with van der Waals surface area (Å²) in [6, 6.07) is -1.27. The van der Waals surface area contributed by atoms with Crippen molar-refractivity contribution in [2.75, 3.05) is 6.61 Å². The summed E-state index contributed by atoms with van der Waals surface area (Å²) in [7, 11) is 0. The molecule has 1 aliphatic heterocycles. The van der Waals surface area contributed by atoms with Crippen LogP contribution in [0.3, 0.4) is 0 Å². The van der Waals surface area contributed by atoms with Gasteiger partial charge in [-0.05, 0) is 5.53 Å². The second kappa shape index (κ2) is 4.56. The molecule has 4 N–H and O–H groups in total. The van der Waals surface area contributed by atoms with Crippen molar-refractivity contribution in [1.82, 2.24) is 0 Å². The first-order valence-corrected chi connectivity index (χ1v) is 3.96. The van der Waals surface area contributed by atoms with Crippen molar-refractivity contribution in [2.24, 2.45) is 5.11 Å². The molecule has 80 valence electrons. The standard InChI is InChI=1S/C6H11N3O5/c7-9-8-3-5(12)4(11)2(1-10)14-6(3)13/h2-6,10-13H,1H2/t2?,3?,4-,5+,6?/m0/s1. The Bertz CT molecular complexity index is 244. The second-order valence-electron chi connectivity index (χ2n) is 2.92. The Hall–Kier alpha value is -0.890. The monoisotopic (exact) mass is 205 g/mol. The van der Waals surface area contributed by atoms with Crippen LogP contribution in [0.15, 0.2) is 5.11 Å². The van der Waals surface area contributed by atoms with Gasteiger partial charge in [-0.3, -0.25) is 0 Å². The zero-order chi connectivity index (χ0) is 10.7. The summed E-state index contributed by atoms with van der Waals surface area (Å²) in [6.45, 7) is -0.543. The van der Waals surface area contributed by atoms with Gasteiger partial charge in [0.15, 0.2) is 6.29 Å². The second-order valence-corrected chi connectivity index (χ2v) is 2.92. The lowest BCUT2D eigenvalue weighted by Crippen LogP contribution is -2.57. The van der Waals surface area contributed by atoms with Crippen molar-refractivity contribution in [3.63, 3.8) is 0 Å². The number of hydrogen-bond acceptors (Lipinski definition) is 6. The molecule has 5 atom stereocenters. The third-order valence-electron chi connectivity index (χ3n) is 2.05. The van der Waals surface area contributed by atoms with Crippen LogP contribution < -0.4 is 0 Å². The molecule has 1 fully saturated rings. The fraction of sp³-hybridized carbons (Fsp3) is 1.00. The number of rotatable bonds is 2. The van der Waals surface area contributed by atoms with Crippen molar-refractivity contribution in [1.29, 1.82) is 0 Å². The summed E-state index contributed by atoms with van der Waals surface area (Å²) < 4.78 is 4.71. The maximum atomic E-state index is 9.37. The molecule has 0 spiro atoms. The van der Waals surface area contributed by atoms with Gasteiger partial charge >= 0.3 is 0 Å². The highest BCUT2D eigenvalue weighted by atomic mass is 16.6. The van der Waals surface area contributed by atoms with Gasteiger partial charge in [-0.1, -0.05) is 5.11 Å². The highest BCUT2D eigenvalue weighted by Gasteiger charge is 2.43. The SMILES string of the molecule is [N-]=[N+]=NC1C(O)OC(CO)[C@H](O)[C@@H]1O. The Kier molecular flexibility index (Phi) is 3.64. The van der Waals surface area contributed by atoms with Crippen molar-refractivity contribution < 1.29 is 25.2 Å². The minimum Gasteiger partial charge on any atom is -0.394 e. The molecule has 0 radical (unpaired) electrons. The zero-order valence-corrected chi connectivity index (χ0v) is 7.13. The molecule has 1 saturated heterocycles. The Morgan fingerprint density at radius 2 is 1.93 bits per heavy atom. The predicted octanol–water partition coefficient (Wildman–Crippen LogP) is -1.90. The van der Waals surface area contributed by atoms with Crippen LogP contribution >= 0.6 is 0 Å². The quantitative estimate of drug-likeness (QED) is 0.237. The van der Waals surface area contributed by atoms with Crippen molar-refractivity contribution in [3.05, 3.63) is 10.4 Å². The van der Waals surface area contributed by atoms with E-state index in [1.807, 2.05) is 0 Å². The third kappa shape index (κ3) is 1.95. The molecule has 0 aromatic carbocycles. The molecule has 1 heterocycles. The Labute approximate surface area is 79.0 Å². The fourth-order valence-corrected chi connectivity index (χ4v) is 1.27. The molecule has 14 heavy (non-hydrogen) atoms. The fourth-order valence-electron chi connectivity index (χ4n) is 1.27. The molecule has 0 bridgehead atoms. The molecule has 0 aliphatic carbocycles. The minimum absolute atomic E-state index is 0.543. The third-order valence-corrected chi connectivity index (χ3v) is 2.05. The van der Waals surface area contributed by atoms with E-state index < -0.39 is 37.3 Å². The van der Waals surface area contributed by atoms with E-state index in [9.17, 15) is 15.3 Å². The number of ether oxygens (including phenoxy) is 1. The number of hydrogen-bond donors (Lipinski definition) is 4. The molecule has 0 amide bonds. The van der Waals surface area contributed by atoms with Gasteiger partial charge in [0.2, 0.25) is 0 Å². The molecule has 0 saturated carbocycles. The summed E-state index contributed by atoms with van der Waals surface area (Å²) >= 11 is 0. The molecule has 8 nitrogen and oxygen atoms in total. The maximum absolute atomic E-state index is 9.37. The average molecular weight is 205 g/mol. The summed E-state index contributed by atoms with van der Waals surface area (Å²) in [5.74, 6) is 0. The lowest BCUT2D eigenvalue weighted by molar-refractivity contribution is -0.248. The van der Waals surface area contributed by atoms with Crippen LogP contribution in [0.5, 0.6) is 0 Å². The van der Waals surface area contributed by atoms with E-state index in [1.165, 1.54) is 0 Å². The number of nitrogens with zero attached hydrogens (tertiary/aromatic N) is 3. The first kappa shape index (κ1) is 11.2. The molecule has 0 aromatic heterocycles. The summed E-state index contributed by atoms with van der Waals surface area (Å²) in [6.07, 6.45) is -5.45. The van der Waals surface area contributed by atoms with Gasteiger partial charge in [0.1, 0.15) is 18.2 Å². The van der Waals surface area contributed by atoms with Gasteiger partial charge in [-0.25, -0.2) is 0 Å².